The highest BCUT2D eigenvalue weighted by atomic mass is 16.6. The number of amides is 2. The number of alkyl carbamates (subject to hydrolysis) is 1. The Kier molecular flexibility index (Phi) is 7.88. The van der Waals surface area contributed by atoms with Crippen LogP contribution < -0.4 is 5.32 Å². The van der Waals surface area contributed by atoms with Crippen molar-refractivity contribution in [2.45, 2.75) is 83.6 Å². The fourth-order valence-corrected chi connectivity index (χ4v) is 5.52. The molecule has 38 heavy (non-hydrogen) atoms. The van der Waals surface area contributed by atoms with Crippen LogP contribution in [0.2, 0.25) is 0 Å². The molecule has 0 bridgehead atoms. The Bertz CT molecular complexity index is 1160. The van der Waals surface area contributed by atoms with Crippen molar-refractivity contribution in [1.29, 1.82) is 0 Å². The predicted octanol–water partition coefficient (Wildman–Crippen LogP) is 4.87. The van der Waals surface area contributed by atoms with Gasteiger partial charge in [0.15, 0.2) is 0 Å². The van der Waals surface area contributed by atoms with Crippen molar-refractivity contribution in [3.63, 3.8) is 0 Å². The van der Waals surface area contributed by atoms with Gasteiger partial charge in [-0.05, 0) is 55.2 Å². The summed E-state index contributed by atoms with van der Waals surface area (Å²) < 4.78 is 17.1. The minimum absolute atomic E-state index is 0.0321. The molecule has 206 valence electrons. The number of methoxy groups -OCH3 is 1. The summed E-state index contributed by atoms with van der Waals surface area (Å²) >= 11 is 0. The SMILES string of the molecule is CO[C@@]1(c2ccc(-c3occc3C)cc2)C[C@@H](C(=O)O)N(C(=O)[C@@H](NC(=O)OC2CCCC2)C(C)(C)C)C1. The third-order valence-corrected chi connectivity index (χ3v) is 7.77. The van der Waals surface area contributed by atoms with Gasteiger partial charge < -0.3 is 29.2 Å². The van der Waals surface area contributed by atoms with Crippen molar-refractivity contribution in [2.75, 3.05) is 13.7 Å². The number of aryl methyl sites for hydroxylation is 1. The minimum Gasteiger partial charge on any atom is -0.480 e. The van der Waals surface area contributed by atoms with Crippen LogP contribution >= 0.6 is 0 Å². The second kappa shape index (κ2) is 10.8. The molecule has 1 aliphatic carbocycles. The first kappa shape index (κ1) is 27.7. The molecule has 3 atom stereocenters. The van der Waals surface area contributed by atoms with Crippen LogP contribution in [0, 0.1) is 12.3 Å². The molecule has 2 aliphatic rings. The zero-order valence-electron chi connectivity index (χ0n) is 22.8. The van der Waals surface area contributed by atoms with E-state index in [0.717, 1.165) is 48.1 Å². The van der Waals surface area contributed by atoms with Crippen LogP contribution in [-0.4, -0.2) is 59.8 Å². The highest BCUT2D eigenvalue weighted by Crippen LogP contribution is 2.41. The molecule has 1 saturated heterocycles. The first-order valence-electron chi connectivity index (χ1n) is 13.2. The van der Waals surface area contributed by atoms with Crippen molar-refractivity contribution >= 4 is 18.0 Å². The third kappa shape index (κ3) is 5.57. The van der Waals surface area contributed by atoms with E-state index in [1.165, 1.54) is 12.0 Å². The van der Waals surface area contributed by atoms with Crippen LogP contribution in [0.3, 0.4) is 0 Å². The molecular formula is C29H38N2O7. The van der Waals surface area contributed by atoms with Gasteiger partial charge in [0.05, 0.1) is 12.8 Å². The molecule has 2 fully saturated rings. The normalized spacial score (nSPS) is 22.9. The molecule has 2 aromatic rings. The van der Waals surface area contributed by atoms with Gasteiger partial charge in [-0.15, -0.1) is 0 Å². The van der Waals surface area contributed by atoms with Crippen molar-refractivity contribution in [1.82, 2.24) is 10.2 Å². The van der Waals surface area contributed by atoms with Gasteiger partial charge in [-0.25, -0.2) is 9.59 Å². The summed E-state index contributed by atoms with van der Waals surface area (Å²) in [4.78, 5) is 40.3. The summed E-state index contributed by atoms with van der Waals surface area (Å²) in [5.41, 5.74) is 0.948. The Balaban J connectivity index is 1.58. The van der Waals surface area contributed by atoms with Crippen molar-refractivity contribution < 1.29 is 33.4 Å². The van der Waals surface area contributed by atoms with Crippen LogP contribution in [0.25, 0.3) is 11.3 Å². The number of aliphatic carboxylic acids is 1. The number of likely N-dealkylation sites (tertiary alicyclic amines) is 1. The van der Waals surface area contributed by atoms with Crippen molar-refractivity contribution in [2.24, 2.45) is 5.41 Å². The van der Waals surface area contributed by atoms with Gasteiger partial charge in [0.2, 0.25) is 5.91 Å². The number of carbonyl (C=O) groups is 3. The van der Waals surface area contributed by atoms with Crippen LogP contribution in [0.15, 0.2) is 41.0 Å². The Morgan fingerprint density at radius 3 is 2.32 bits per heavy atom. The molecule has 0 unspecified atom stereocenters. The second-order valence-electron chi connectivity index (χ2n) is 11.5. The van der Waals surface area contributed by atoms with E-state index in [1.54, 1.807) is 6.26 Å². The largest absolute Gasteiger partial charge is 0.480 e. The molecule has 1 aromatic heterocycles. The van der Waals surface area contributed by atoms with Gasteiger partial charge in [0.25, 0.3) is 0 Å². The van der Waals surface area contributed by atoms with Gasteiger partial charge in [0, 0.05) is 19.1 Å². The molecule has 0 spiro atoms. The van der Waals surface area contributed by atoms with E-state index in [1.807, 2.05) is 58.0 Å². The fourth-order valence-electron chi connectivity index (χ4n) is 5.52. The lowest BCUT2D eigenvalue weighted by atomic mass is 9.85. The molecule has 4 rings (SSSR count). The lowest BCUT2D eigenvalue weighted by molar-refractivity contribution is -0.150. The Morgan fingerprint density at radius 1 is 1.13 bits per heavy atom. The van der Waals surface area contributed by atoms with E-state index in [-0.39, 0.29) is 19.1 Å². The Morgan fingerprint density at radius 2 is 1.79 bits per heavy atom. The van der Waals surface area contributed by atoms with Gasteiger partial charge >= 0.3 is 12.1 Å². The van der Waals surface area contributed by atoms with E-state index < -0.39 is 41.1 Å². The summed E-state index contributed by atoms with van der Waals surface area (Å²) in [7, 11) is 1.52. The number of benzene rings is 1. The number of nitrogens with one attached hydrogen (secondary N) is 1. The maximum Gasteiger partial charge on any atom is 0.408 e. The summed E-state index contributed by atoms with van der Waals surface area (Å²) in [6, 6.07) is 7.36. The average Bonchev–Trinajstić information content (AvgIpc) is 3.62. The van der Waals surface area contributed by atoms with Crippen molar-refractivity contribution in [3.8, 4) is 11.3 Å². The highest BCUT2D eigenvalue weighted by molar-refractivity contribution is 5.90. The highest BCUT2D eigenvalue weighted by Gasteiger charge is 2.52. The smallest absolute Gasteiger partial charge is 0.408 e. The molecule has 9 heteroatoms. The van der Waals surface area contributed by atoms with Gasteiger partial charge in [0.1, 0.15) is 29.5 Å². The lowest BCUT2D eigenvalue weighted by Gasteiger charge is -2.35. The number of carboxylic acid groups (broad SMARTS) is 1. The maximum atomic E-state index is 13.9. The van der Waals surface area contributed by atoms with Gasteiger partial charge in [-0.2, -0.15) is 0 Å². The maximum absolute atomic E-state index is 13.9. The minimum atomic E-state index is -1.12. The zero-order chi connectivity index (χ0) is 27.7. The summed E-state index contributed by atoms with van der Waals surface area (Å²) in [5, 5.41) is 12.8. The molecule has 2 heterocycles. The van der Waals surface area contributed by atoms with E-state index >= 15 is 0 Å². The number of nitrogens with zero attached hydrogens (tertiary/aromatic N) is 1. The number of carbonyl (C=O) groups excluding carboxylic acids is 2. The second-order valence-corrected chi connectivity index (χ2v) is 11.5. The first-order chi connectivity index (χ1) is 17.9. The summed E-state index contributed by atoms with van der Waals surface area (Å²) in [5.74, 6) is -0.838. The van der Waals surface area contributed by atoms with Gasteiger partial charge in [-0.3, -0.25) is 4.79 Å². The molecule has 2 N–H and O–H groups in total. The van der Waals surface area contributed by atoms with Crippen LogP contribution in [0.4, 0.5) is 4.79 Å². The van der Waals surface area contributed by atoms with Crippen LogP contribution in [0.1, 0.15) is 64.0 Å². The molecule has 1 aliphatic heterocycles. The number of rotatable bonds is 7. The van der Waals surface area contributed by atoms with Gasteiger partial charge in [-0.1, -0.05) is 45.0 Å². The third-order valence-electron chi connectivity index (χ3n) is 7.77. The zero-order valence-corrected chi connectivity index (χ0v) is 22.8. The van der Waals surface area contributed by atoms with E-state index in [4.69, 9.17) is 13.9 Å². The van der Waals surface area contributed by atoms with E-state index in [0.29, 0.717) is 0 Å². The molecule has 9 nitrogen and oxygen atoms in total. The summed E-state index contributed by atoms with van der Waals surface area (Å²) in [6.07, 6.45) is 4.54. The lowest BCUT2D eigenvalue weighted by Crippen LogP contribution is -2.57. The van der Waals surface area contributed by atoms with Crippen LogP contribution in [0.5, 0.6) is 0 Å². The number of furan rings is 1. The Hall–Kier alpha value is -3.33. The van der Waals surface area contributed by atoms with Crippen molar-refractivity contribution in [3.05, 3.63) is 47.7 Å². The monoisotopic (exact) mass is 526 g/mol. The Labute approximate surface area is 223 Å². The molecule has 1 aromatic carbocycles. The van der Waals surface area contributed by atoms with E-state index in [2.05, 4.69) is 5.32 Å². The predicted molar refractivity (Wildman–Crippen MR) is 140 cm³/mol. The number of carboxylic acids is 1. The van der Waals surface area contributed by atoms with Crippen LogP contribution in [-0.2, 0) is 24.7 Å². The quantitative estimate of drug-likeness (QED) is 0.529. The molecule has 1 saturated carbocycles. The fraction of sp³-hybridized carbons (Fsp3) is 0.552. The topological polar surface area (TPSA) is 118 Å². The number of ether oxygens (including phenoxy) is 2. The summed E-state index contributed by atoms with van der Waals surface area (Å²) in [6.45, 7) is 7.48. The molecular weight excluding hydrogens is 488 g/mol. The number of hydrogen-bond donors (Lipinski definition) is 2. The standard InChI is InChI=1S/C29H38N2O7/c1-18-14-15-37-23(18)19-10-12-20(13-11-19)29(36-5)16-22(26(33)34)31(17-29)25(32)24(28(2,3)4)30-27(35)38-21-8-6-7-9-21/h10-15,21-22,24H,6-9,16-17H2,1-5H3,(H,30,35)(H,33,34)/t22-,24+,29-/m0/s1. The van der Waals surface area contributed by atoms with E-state index in [9.17, 15) is 19.5 Å². The average molecular weight is 527 g/mol. The molecule has 0 radical (unpaired) electrons. The molecule has 2 amide bonds. The first-order valence-corrected chi connectivity index (χ1v) is 13.2. The number of hydrogen-bond acceptors (Lipinski definition) is 6.